The maximum atomic E-state index is 12.9. The topological polar surface area (TPSA) is 42.4 Å². The van der Waals surface area contributed by atoms with Crippen molar-refractivity contribution >= 4 is 6.09 Å². The quantitative estimate of drug-likeness (QED) is 0.812. The number of pyridine rings is 1. The number of halogens is 1. The van der Waals surface area contributed by atoms with Crippen LogP contribution in [0.25, 0.3) is 0 Å². The Labute approximate surface area is 128 Å². The van der Waals surface area contributed by atoms with Gasteiger partial charge in [0.2, 0.25) is 5.95 Å². The second-order valence-electron chi connectivity index (χ2n) is 5.31. The predicted molar refractivity (Wildman–Crippen MR) is 79.5 cm³/mol. The molecule has 1 amide bonds. The molecule has 1 aliphatic rings. The second-order valence-corrected chi connectivity index (χ2v) is 5.31. The van der Waals surface area contributed by atoms with Crippen LogP contribution in [-0.2, 0) is 11.3 Å². The predicted octanol–water partition coefficient (Wildman–Crippen LogP) is 3.69. The SMILES string of the molecule is O=C(OCc1ccccc1)N1CCCC1c1ccc(F)nc1. The number of hydrogen-bond donors (Lipinski definition) is 0. The van der Waals surface area contributed by atoms with Gasteiger partial charge in [0.25, 0.3) is 0 Å². The highest BCUT2D eigenvalue weighted by molar-refractivity contribution is 5.68. The number of hydrogen-bond acceptors (Lipinski definition) is 3. The third-order valence-electron chi connectivity index (χ3n) is 3.83. The van der Waals surface area contributed by atoms with Crippen molar-refractivity contribution in [3.05, 3.63) is 65.7 Å². The van der Waals surface area contributed by atoms with E-state index in [1.165, 1.54) is 12.3 Å². The third-order valence-corrected chi connectivity index (χ3v) is 3.83. The Bertz CT molecular complexity index is 631. The van der Waals surface area contributed by atoms with Crippen molar-refractivity contribution in [2.24, 2.45) is 0 Å². The van der Waals surface area contributed by atoms with Crippen LogP contribution >= 0.6 is 0 Å². The molecule has 1 aromatic heterocycles. The van der Waals surface area contributed by atoms with E-state index in [2.05, 4.69) is 4.98 Å². The van der Waals surface area contributed by atoms with Crippen molar-refractivity contribution in [1.29, 1.82) is 0 Å². The Hall–Kier alpha value is -2.43. The van der Waals surface area contributed by atoms with Gasteiger partial charge in [-0.2, -0.15) is 4.39 Å². The molecule has 1 aromatic carbocycles. The molecule has 0 N–H and O–H groups in total. The average molecular weight is 300 g/mol. The van der Waals surface area contributed by atoms with E-state index in [0.29, 0.717) is 6.54 Å². The molecule has 0 spiro atoms. The smallest absolute Gasteiger partial charge is 0.410 e. The zero-order valence-corrected chi connectivity index (χ0v) is 12.1. The van der Waals surface area contributed by atoms with E-state index in [0.717, 1.165) is 24.0 Å². The molecule has 1 fully saturated rings. The summed E-state index contributed by atoms with van der Waals surface area (Å²) in [6, 6.07) is 12.5. The molecule has 0 radical (unpaired) electrons. The summed E-state index contributed by atoms with van der Waals surface area (Å²) in [5.74, 6) is -0.514. The van der Waals surface area contributed by atoms with Gasteiger partial charge in [-0.1, -0.05) is 36.4 Å². The van der Waals surface area contributed by atoms with Crippen molar-refractivity contribution in [1.82, 2.24) is 9.88 Å². The van der Waals surface area contributed by atoms with Crippen LogP contribution in [0.4, 0.5) is 9.18 Å². The highest BCUT2D eigenvalue weighted by Crippen LogP contribution is 2.32. The van der Waals surface area contributed by atoms with Gasteiger partial charge in [0.15, 0.2) is 0 Å². The minimum atomic E-state index is -0.514. The van der Waals surface area contributed by atoms with E-state index in [-0.39, 0.29) is 18.7 Å². The first-order valence-corrected chi connectivity index (χ1v) is 7.33. The van der Waals surface area contributed by atoms with E-state index in [1.54, 1.807) is 11.0 Å². The van der Waals surface area contributed by atoms with Gasteiger partial charge >= 0.3 is 6.09 Å². The average Bonchev–Trinajstić information content (AvgIpc) is 3.04. The number of aromatic nitrogens is 1. The van der Waals surface area contributed by atoms with E-state index in [9.17, 15) is 9.18 Å². The van der Waals surface area contributed by atoms with E-state index >= 15 is 0 Å². The maximum Gasteiger partial charge on any atom is 0.410 e. The van der Waals surface area contributed by atoms with Gasteiger partial charge in [0.05, 0.1) is 6.04 Å². The van der Waals surface area contributed by atoms with E-state index in [1.807, 2.05) is 30.3 Å². The Balaban J connectivity index is 1.65. The Morgan fingerprint density at radius 2 is 2.09 bits per heavy atom. The highest BCUT2D eigenvalue weighted by atomic mass is 19.1. The van der Waals surface area contributed by atoms with Gasteiger partial charge < -0.3 is 9.64 Å². The number of ether oxygens (including phenoxy) is 1. The van der Waals surface area contributed by atoms with Crippen molar-refractivity contribution in [3.8, 4) is 0 Å². The summed E-state index contributed by atoms with van der Waals surface area (Å²) in [6.07, 6.45) is 2.90. The van der Waals surface area contributed by atoms with Gasteiger partial charge in [-0.25, -0.2) is 9.78 Å². The van der Waals surface area contributed by atoms with Crippen LogP contribution in [0.2, 0.25) is 0 Å². The van der Waals surface area contributed by atoms with Crippen LogP contribution in [-0.4, -0.2) is 22.5 Å². The fourth-order valence-corrected chi connectivity index (χ4v) is 2.72. The first kappa shape index (κ1) is 14.5. The summed E-state index contributed by atoms with van der Waals surface area (Å²) in [5.41, 5.74) is 1.80. The number of benzene rings is 1. The molecule has 2 heterocycles. The Morgan fingerprint density at radius 3 is 2.82 bits per heavy atom. The van der Waals surface area contributed by atoms with Crippen LogP contribution < -0.4 is 0 Å². The lowest BCUT2D eigenvalue weighted by molar-refractivity contribution is 0.0920. The molecule has 1 atom stereocenters. The lowest BCUT2D eigenvalue weighted by atomic mass is 10.1. The number of carbonyl (C=O) groups excluding carboxylic acids is 1. The van der Waals surface area contributed by atoms with Crippen molar-refractivity contribution < 1.29 is 13.9 Å². The minimum absolute atomic E-state index is 0.0867. The lowest BCUT2D eigenvalue weighted by Gasteiger charge is -2.24. The van der Waals surface area contributed by atoms with Gasteiger partial charge in [0, 0.05) is 12.7 Å². The molecule has 3 rings (SSSR count). The van der Waals surface area contributed by atoms with E-state index < -0.39 is 5.95 Å². The minimum Gasteiger partial charge on any atom is -0.445 e. The first-order valence-electron chi connectivity index (χ1n) is 7.33. The summed E-state index contributed by atoms with van der Waals surface area (Å²) in [6.45, 7) is 0.903. The highest BCUT2D eigenvalue weighted by Gasteiger charge is 2.31. The number of amides is 1. The molecule has 0 aliphatic carbocycles. The maximum absolute atomic E-state index is 12.9. The largest absolute Gasteiger partial charge is 0.445 e. The summed E-state index contributed by atoms with van der Waals surface area (Å²) >= 11 is 0. The monoisotopic (exact) mass is 300 g/mol. The number of likely N-dealkylation sites (tertiary alicyclic amines) is 1. The molecule has 1 unspecified atom stereocenters. The lowest BCUT2D eigenvalue weighted by Crippen LogP contribution is -2.31. The van der Waals surface area contributed by atoms with Crippen LogP contribution in [0.5, 0.6) is 0 Å². The molecule has 114 valence electrons. The molecular weight excluding hydrogens is 283 g/mol. The van der Waals surface area contributed by atoms with Crippen LogP contribution in [0.3, 0.4) is 0 Å². The molecule has 1 aliphatic heterocycles. The molecule has 4 nitrogen and oxygen atoms in total. The van der Waals surface area contributed by atoms with Gasteiger partial charge in [-0.3, -0.25) is 0 Å². The number of nitrogens with zero attached hydrogens (tertiary/aromatic N) is 2. The zero-order chi connectivity index (χ0) is 15.4. The summed E-state index contributed by atoms with van der Waals surface area (Å²) in [4.78, 5) is 17.6. The third kappa shape index (κ3) is 3.24. The molecular formula is C17H17FN2O2. The van der Waals surface area contributed by atoms with Crippen molar-refractivity contribution in [3.63, 3.8) is 0 Å². The molecule has 1 saturated heterocycles. The second kappa shape index (κ2) is 6.56. The first-order chi connectivity index (χ1) is 10.7. The fraction of sp³-hybridized carbons (Fsp3) is 0.294. The Morgan fingerprint density at radius 1 is 1.27 bits per heavy atom. The molecule has 0 bridgehead atoms. The van der Waals surface area contributed by atoms with Crippen molar-refractivity contribution in [2.75, 3.05) is 6.54 Å². The summed E-state index contributed by atoms with van der Waals surface area (Å²) < 4.78 is 18.3. The van der Waals surface area contributed by atoms with Gasteiger partial charge in [-0.15, -0.1) is 0 Å². The fourth-order valence-electron chi connectivity index (χ4n) is 2.72. The molecule has 2 aromatic rings. The molecule has 0 saturated carbocycles. The standard InChI is InChI=1S/C17H17FN2O2/c18-16-9-8-14(11-19-16)15-7-4-10-20(15)17(21)22-12-13-5-2-1-3-6-13/h1-3,5-6,8-9,11,15H,4,7,10,12H2. The van der Waals surface area contributed by atoms with Crippen LogP contribution in [0.1, 0.15) is 30.0 Å². The number of carbonyl (C=O) groups is 1. The molecule has 5 heteroatoms. The van der Waals surface area contributed by atoms with Gasteiger partial charge in [0.1, 0.15) is 6.61 Å². The molecule has 22 heavy (non-hydrogen) atoms. The summed E-state index contributed by atoms with van der Waals surface area (Å²) in [5, 5.41) is 0. The zero-order valence-electron chi connectivity index (χ0n) is 12.1. The van der Waals surface area contributed by atoms with Crippen LogP contribution in [0.15, 0.2) is 48.7 Å². The summed E-state index contributed by atoms with van der Waals surface area (Å²) in [7, 11) is 0. The normalized spacial score (nSPS) is 17.5. The van der Waals surface area contributed by atoms with Gasteiger partial charge in [-0.05, 0) is 30.0 Å². The Kier molecular flexibility index (Phi) is 4.32. The van der Waals surface area contributed by atoms with E-state index in [4.69, 9.17) is 4.74 Å². The number of rotatable bonds is 3. The van der Waals surface area contributed by atoms with Crippen molar-refractivity contribution in [2.45, 2.75) is 25.5 Å². The van der Waals surface area contributed by atoms with Crippen LogP contribution in [0, 0.1) is 5.95 Å².